The number of nitrogen functional groups attached to an aromatic ring is 1. The molecule has 0 aliphatic rings. The third-order valence-corrected chi connectivity index (χ3v) is 6.24. The highest BCUT2D eigenvalue weighted by Crippen LogP contribution is 2.23. The minimum Gasteiger partial charge on any atom is -0.399 e. The molecule has 0 unspecified atom stereocenters. The molecule has 0 aliphatic carbocycles. The number of hydrogen-bond donors (Lipinski definition) is 3. The van der Waals surface area contributed by atoms with Gasteiger partial charge in [-0.1, -0.05) is 6.07 Å². The minimum atomic E-state index is -3.46. The maximum Gasteiger partial charge on any atom is 0.213 e. The van der Waals surface area contributed by atoms with Crippen LogP contribution in [0.3, 0.4) is 0 Å². The molecule has 120 valence electrons. The van der Waals surface area contributed by atoms with E-state index in [0.717, 1.165) is 4.90 Å². The minimum absolute atomic E-state index is 0.0218. The zero-order valence-electron chi connectivity index (χ0n) is 12.9. The smallest absolute Gasteiger partial charge is 0.213 e. The Morgan fingerprint density at radius 1 is 1.29 bits per heavy atom. The molecule has 21 heavy (non-hydrogen) atoms. The molecule has 0 aliphatic heterocycles. The standard InChI is InChI=1S/C14H24N2O3S2/c1-13(2,14(3,4)17)16-21(18,19)9-8-20-12-7-5-6-11(15)10-12/h5-7,10,16-17H,8-9,15H2,1-4H3. The third kappa shape index (κ3) is 5.86. The first-order valence-corrected chi connectivity index (χ1v) is 9.29. The van der Waals surface area contributed by atoms with Crippen LogP contribution in [0.1, 0.15) is 27.7 Å². The normalized spacial score (nSPS) is 13.4. The molecule has 0 aromatic heterocycles. The highest BCUT2D eigenvalue weighted by atomic mass is 32.2. The lowest BCUT2D eigenvalue weighted by atomic mass is 9.87. The average molecular weight is 332 g/mol. The maximum atomic E-state index is 12.1. The van der Waals surface area contributed by atoms with E-state index in [9.17, 15) is 13.5 Å². The lowest BCUT2D eigenvalue weighted by Gasteiger charge is -2.37. The Morgan fingerprint density at radius 2 is 1.90 bits per heavy atom. The number of anilines is 1. The van der Waals surface area contributed by atoms with Crippen molar-refractivity contribution in [3.63, 3.8) is 0 Å². The van der Waals surface area contributed by atoms with Gasteiger partial charge in [-0.3, -0.25) is 0 Å². The summed E-state index contributed by atoms with van der Waals surface area (Å²) in [5, 5.41) is 10.00. The fourth-order valence-corrected chi connectivity index (χ4v) is 4.41. The lowest BCUT2D eigenvalue weighted by Crippen LogP contribution is -2.58. The number of rotatable bonds is 7. The third-order valence-electron chi connectivity index (χ3n) is 3.42. The molecule has 1 aromatic rings. The molecule has 0 radical (unpaired) electrons. The lowest BCUT2D eigenvalue weighted by molar-refractivity contribution is 0.00641. The first kappa shape index (κ1) is 18.3. The first-order valence-electron chi connectivity index (χ1n) is 6.65. The summed E-state index contributed by atoms with van der Waals surface area (Å²) in [4.78, 5) is 0.937. The Morgan fingerprint density at radius 3 is 2.43 bits per heavy atom. The summed E-state index contributed by atoms with van der Waals surface area (Å²) in [7, 11) is -3.46. The average Bonchev–Trinajstić information content (AvgIpc) is 2.25. The summed E-state index contributed by atoms with van der Waals surface area (Å²) in [5.41, 5.74) is 4.24. The molecule has 0 fully saturated rings. The van der Waals surface area contributed by atoms with Crippen LogP contribution < -0.4 is 10.5 Å². The van der Waals surface area contributed by atoms with Crippen LogP contribution in [0, 0.1) is 0 Å². The van der Waals surface area contributed by atoms with Crippen molar-refractivity contribution in [1.29, 1.82) is 0 Å². The van der Waals surface area contributed by atoms with E-state index in [2.05, 4.69) is 4.72 Å². The molecule has 0 heterocycles. The second kappa shape index (κ2) is 6.56. The summed E-state index contributed by atoms with van der Waals surface area (Å²) in [6.45, 7) is 6.49. The maximum absolute atomic E-state index is 12.1. The highest BCUT2D eigenvalue weighted by Gasteiger charge is 2.38. The van der Waals surface area contributed by atoms with E-state index < -0.39 is 21.2 Å². The van der Waals surface area contributed by atoms with Gasteiger partial charge in [0.25, 0.3) is 0 Å². The summed E-state index contributed by atoms with van der Waals surface area (Å²) in [5.74, 6) is 0.396. The van der Waals surface area contributed by atoms with Gasteiger partial charge in [0.2, 0.25) is 10.0 Å². The van der Waals surface area contributed by atoms with Crippen LogP contribution in [-0.4, -0.2) is 36.2 Å². The molecule has 0 bridgehead atoms. The van der Waals surface area contributed by atoms with E-state index in [1.807, 2.05) is 18.2 Å². The molecular formula is C14H24N2O3S2. The Kier molecular flexibility index (Phi) is 5.71. The van der Waals surface area contributed by atoms with Crippen LogP contribution in [-0.2, 0) is 10.0 Å². The second-order valence-corrected chi connectivity index (χ2v) is 9.04. The van der Waals surface area contributed by atoms with Crippen molar-refractivity contribution >= 4 is 27.5 Å². The van der Waals surface area contributed by atoms with Gasteiger partial charge in [0.15, 0.2) is 0 Å². The fourth-order valence-electron chi connectivity index (χ4n) is 1.44. The predicted molar refractivity (Wildman–Crippen MR) is 88.9 cm³/mol. The molecule has 1 aromatic carbocycles. The van der Waals surface area contributed by atoms with Crippen molar-refractivity contribution in [3.05, 3.63) is 24.3 Å². The van der Waals surface area contributed by atoms with Crippen LogP contribution in [0.2, 0.25) is 0 Å². The number of hydrogen-bond acceptors (Lipinski definition) is 5. The Bertz CT molecular complexity index is 578. The number of nitrogens with one attached hydrogen (secondary N) is 1. The number of thioether (sulfide) groups is 1. The van der Waals surface area contributed by atoms with Crippen molar-refractivity contribution in [2.24, 2.45) is 0 Å². The van der Waals surface area contributed by atoms with Gasteiger partial charge in [0.1, 0.15) is 0 Å². The molecule has 5 nitrogen and oxygen atoms in total. The van der Waals surface area contributed by atoms with Crippen LogP contribution in [0.4, 0.5) is 5.69 Å². The van der Waals surface area contributed by atoms with Gasteiger partial charge in [0, 0.05) is 16.3 Å². The summed E-state index contributed by atoms with van der Waals surface area (Å²) in [6, 6.07) is 7.32. The largest absolute Gasteiger partial charge is 0.399 e. The van der Waals surface area contributed by atoms with Gasteiger partial charge in [-0.25, -0.2) is 13.1 Å². The Balaban J connectivity index is 2.58. The van der Waals surface area contributed by atoms with Crippen molar-refractivity contribution < 1.29 is 13.5 Å². The molecule has 1 rings (SSSR count). The van der Waals surface area contributed by atoms with Crippen LogP contribution in [0.5, 0.6) is 0 Å². The van der Waals surface area contributed by atoms with Crippen molar-refractivity contribution in [1.82, 2.24) is 4.72 Å². The number of aliphatic hydroxyl groups is 1. The quantitative estimate of drug-likeness (QED) is 0.523. The number of nitrogens with two attached hydrogens (primary N) is 1. The van der Waals surface area contributed by atoms with E-state index in [-0.39, 0.29) is 5.75 Å². The topological polar surface area (TPSA) is 92.4 Å². The zero-order valence-corrected chi connectivity index (χ0v) is 14.5. The molecule has 4 N–H and O–H groups in total. The monoisotopic (exact) mass is 332 g/mol. The first-order chi connectivity index (χ1) is 9.43. The van der Waals surface area contributed by atoms with Crippen molar-refractivity contribution in [2.75, 3.05) is 17.2 Å². The van der Waals surface area contributed by atoms with E-state index >= 15 is 0 Å². The van der Waals surface area contributed by atoms with E-state index in [4.69, 9.17) is 5.73 Å². The van der Waals surface area contributed by atoms with Crippen LogP contribution in [0.15, 0.2) is 29.2 Å². The molecule has 0 amide bonds. The second-order valence-electron chi connectivity index (χ2n) is 6.03. The van der Waals surface area contributed by atoms with Gasteiger partial charge in [-0.15, -0.1) is 11.8 Å². The molecule has 0 saturated carbocycles. The van der Waals surface area contributed by atoms with Crippen LogP contribution >= 0.6 is 11.8 Å². The van der Waals surface area contributed by atoms with Crippen molar-refractivity contribution in [3.8, 4) is 0 Å². The van der Waals surface area contributed by atoms with Gasteiger partial charge in [0.05, 0.1) is 16.9 Å². The SMILES string of the molecule is CC(C)(O)C(C)(C)NS(=O)(=O)CCSc1cccc(N)c1. The molecule has 7 heteroatoms. The van der Waals surface area contributed by atoms with Gasteiger partial charge >= 0.3 is 0 Å². The molecular weight excluding hydrogens is 308 g/mol. The molecule has 0 spiro atoms. The fraction of sp³-hybridized carbons (Fsp3) is 0.571. The summed E-state index contributed by atoms with van der Waals surface area (Å²) >= 11 is 1.43. The van der Waals surface area contributed by atoms with Gasteiger partial charge in [-0.2, -0.15) is 0 Å². The summed E-state index contributed by atoms with van der Waals surface area (Å²) < 4.78 is 26.7. The number of sulfonamides is 1. The summed E-state index contributed by atoms with van der Waals surface area (Å²) in [6.07, 6.45) is 0. The Labute approximate surface area is 131 Å². The molecule has 0 saturated heterocycles. The predicted octanol–water partition coefficient (Wildman–Crippen LogP) is 1.83. The van der Waals surface area contributed by atoms with E-state index in [1.165, 1.54) is 11.8 Å². The number of benzene rings is 1. The van der Waals surface area contributed by atoms with Gasteiger partial charge in [-0.05, 0) is 45.9 Å². The van der Waals surface area contributed by atoms with Crippen LogP contribution in [0.25, 0.3) is 0 Å². The van der Waals surface area contributed by atoms with Crippen molar-refractivity contribution in [2.45, 2.75) is 43.7 Å². The Hall–Kier alpha value is -0.760. The van der Waals surface area contributed by atoms with E-state index in [1.54, 1.807) is 33.8 Å². The highest BCUT2D eigenvalue weighted by molar-refractivity contribution is 8.00. The van der Waals surface area contributed by atoms with E-state index in [0.29, 0.717) is 11.4 Å². The molecule has 0 atom stereocenters. The zero-order chi connectivity index (χ0) is 16.3. The van der Waals surface area contributed by atoms with Gasteiger partial charge < -0.3 is 10.8 Å².